The fourth-order valence-electron chi connectivity index (χ4n) is 2.40. The van der Waals surface area contributed by atoms with Crippen molar-refractivity contribution in [1.82, 2.24) is 0 Å². The summed E-state index contributed by atoms with van der Waals surface area (Å²) in [6.07, 6.45) is 3.10. The maximum absolute atomic E-state index is 12.3. The predicted molar refractivity (Wildman–Crippen MR) is 80.2 cm³/mol. The molecule has 1 aromatic carbocycles. The third kappa shape index (κ3) is 2.33. The Labute approximate surface area is 120 Å². The Morgan fingerprint density at radius 2 is 2.00 bits per heavy atom. The summed E-state index contributed by atoms with van der Waals surface area (Å²) in [5.41, 5.74) is 8.49. The molecule has 0 unspecified atom stereocenters. The first-order valence-electron chi connectivity index (χ1n) is 6.12. The summed E-state index contributed by atoms with van der Waals surface area (Å²) >= 11 is 7.36. The van der Waals surface area contributed by atoms with E-state index in [1.165, 1.54) is 4.88 Å². The van der Waals surface area contributed by atoms with Gasteiger partial charge in [-0.3, -0.25) is 4.79 Å². The van der Waals surface area contributed by atoms with Crippen LogP contribution in [0.3, 0.4) is 0 Å². The maximum Gasteiger partial charge on any atom is 0.258 e. The normalized spacial score (nSPS) is 13.3. The Balaban J connectivity index is 1.86. The van der Waals surface area contributed by atoms with Crippen molar-refractivity contribution in [2.45, 2.75) is 19.3 Å². The predicted octanol–water partition coefficient (Wildman–Crippen LogP) is 3.72. The lowest BCUT2D eigenvalue weighted by atomic mass is 10.1. The molecule has 0 spiro atoms. The quantitative estimate of drug-likeness (QED) is 0.886. The Hall–Kier alpha value is -1.52. The second-order valence-electron chi connectivity index (χ2n) is 4.56. The maximum atomic E-state index is 12.3. The van der Waals surface area contributed by atoms with Crippen LogP contribution in [-0.4, -0.2) is 5.91 Å². The zero-order chi connectivity index (χ0) is 13.4. The van der Waals surface area contributed by atoms with Crippen molar-refractivity contribution in [1.29, 1.82) is 0 Å². The molecular formula is C14H13ClN2OS. The zero-order valence-electron chi connectivity index (χ0n) is 10.2. The van der Waals surface area contributed by atoms with Crippen LogP contribution in [0.25, 0.3) is 0 Å². The van der Waals surface area contributed by atoms with Crippen molar-refractivity contribution in [2.24, 2.45) is 0 Å². The van der Waals surface area contributed by atoms with Crippen LogP contribution in [0.1, 0.15) is 27.2 Å². The molecule has 1 aliphatic carbocycles. The number of thiophene rings is 1. The lowest BCUT2D eigenvalue weighted by Gasteiger charge is -2.06. The molecule has 1 amide bonds. The first kappa shape index (κ1) is 12.5. The molecule has 3 rings (SSSR count). The summed E-state index contributed by atoms with van der Waals surface area (Å²) in [5.74, 6) is -0.126. The average Bonchev–Trinajstić information content (AvgIpc) is 2.91. The molecule has 0 bridgehead atoms. The number of nitrogens with two attached hydrogens (primary N) is 1. The van der Waals surface area contributed by atoms with Crippen molar-refractivity contribution in [3.8, 4) is 0 Å². The van der Waals surface area contributed by atoms with Crippen molar-refractivity contribution in [3.05, 3.63) is 45.3 Å². The Morgan fingerprint density at radius 3 is 2.74 bits per heavy atom. The fourth-order valence-corrected chi connectivity index (χ4v) is 3.68. The Kier molecular flexibility index (Phi) is 3.21. The third-order valence-electron chi connectivity index (χ3n) is 3.28. The highest BCUT2D eigenvalue weighted by Crippen LogP contribution is 2.37. The van der Waals surface area contributed by atoms with Gasteiger partial charge >= 0.3 is 0 Å². The number of carbonyl (C=O) groups is 1. The standard InChI is InChI=1S/C14H13ClN2OS/c15-8-4-6-9(7-5-8)17-14(18)12-10-2-1-3-11(10)19-13(12)16/h4-7H,1-3,16H2,(H,17,18). The van der Waals surface area contributed by atoms with Gasteiger partial charge in [0.25, 0.3) is 5.91 Å². The number of hydrogen-bond acceptors (Lipinski definition) is 3. The van der Waals surface area contributed by atoms with E-state index >= 15 is 0 Å². The number of benzene rings is 1. The first-order valence-corrected chi connectivity index (χ1v) is 7.31. The number of nitrogen functional groups attached to an aromatic ring is 1. The van der Waals surface area contributed by atoms with Gasteiger partial charge in [-0.1, -0.05) is 11.6 Å². The number of rotatable bonds is 2. The summed E-state index contributed by atoms with van der Waals surface area (Å²) in [5, 5.41) is 4.14. The Morgan fingerprint density at radius 1 is 1.26 bits per heavy atom. The number of nitrogens with one attached hydrogen (secondary N) is 1. The SMILES string of the molecule is Nc1sc2c(c1C(=O)Nc1ccc(Cl)cc1)CCC2. The minimum absolute atomic E-state index is 0.126. The van der Waals surface area contributed by atoms with Crippen LogP contribution in [0, 0.1) is 0 Å². The van der Waals surface area contributed by atoms with Gasteiger partial charge < -0.3 is 11.1 Å². The van der Waals surface area contributed by atoms with E-state index in [2.05, 4.69) is 5.32 Å². The molecule has 19 heavy (non-hydrogen) atoms. The number of halogens is 1. The third-order valence-corrected chi connectivity index (χ3v) is 4.65. The first-order chi connectivity index (χ1) is 9.15. The molecule has 0 atom stereocenters. The van der Waals surface area contributed by atoms with Gasteiger partial charge in [-0.25, -0.2) is 0 Å². The lowest BCUT2D eigenvalue weighted by molar-refractivity contribution is 0.102. The van der Waals surface area contributed by atoms with Crippen LogP contribution in [0.5, 0.6) is 0 Å². The van der Waals surface area contributed by atoms with E-state index in [9.17, 15) is 4.79 Å². The largest absolute Gasteiger partial charge is 0.390 e. The number of amides is 1. The highest BCUT2D eigenvalue weighted by molar-refractivity contribution is 7.16. The van der Waals surface area contributed by atoms with Crippen molar-refractivity contribution in [2.75, 3.05) is 11.1 Å². The summed E-state index contributed by atoms with van der Waals surface area (Å²) in [7, 11) is 0. The molecule has 0 radical (unpaired) electrons. The van der Waals surface area contributed by atoms with Gasteiger partial charge in [0, 0.05) is 15.6 Å². The van der Waals surface area contributed by atoms with Gasteiger partial charge in [-0.15, -0.1) is 11.3 Å². The summed E-state index contributed by atoms with van der Waals surface area (Å²) < 4.78 is 0. The van der Waals surface area contributed by atoms with Crippen molar-refractivity contribution < 1.29 is 4.79 Å². The van der Waals surface area contributed by atoms with Gasteiger partial charge in [0.15, 0.2) is 0 Å². The molecule has 1 aliphatic rings. The van der Waals surface area contributed by atoms with Crippen LogP contribution in [0.2, 0.25) is 5.02 Å². The molecule has 0 fully saturated rings. The highest BCUT2D eigenvalue weighted by Gasteiger charge is 2.25. The minimum atomic E-state index is -0.126. The monoisotopic (exact) mass is 292 g/mol. The van der Waals surface area contributed by atoms with Crippen LogP contribution in [0.4, 0.5) is 10.7 Å². The molecule has 0 aliphatic heterocycles. The van der Waals surface area contributed by atoms with Crippen molar-refractivity contribution >= 4 is 39.5 Å². The smallest absolute Gasteiger partial charge is 0.258 e. The van der Waals surface area contributed by atoms with Gasteiger partial charge in [0.1, 0.15) is 0 Å². The van der Waals surface area contributed by atoms with E-state index < -0.39 is 0 Å². The van der Waals surface area contributed by atoms with Gasteiger partial charge in [0.2, 0.25) is 0 Å². The molecule has 3 nitrogen and oxygen atoms in total. The summed E-state index contributed by atoms with van der Waals surface area (Å²) in [6.45, 7) is 0. The molecule has 1 aromatic heterocycles. The number of aryl methyl sites for hydroxylation is 1. The second kappa shape index (κ2) is 4.87. The van der Waals surface area contributed by atoms with E-state index in [0.29, 0.717) is 15.6 Å². The highest BCUT2D eigenvalue weighted by atomic mass is 35.5. The number of anilines is 2. The topological polar surface area (TPSA) is 55.1 Å². The van der Waals surface area contributed by atoms with Gasteiger partial charge in [0.05, 0.1) is 10.6 Å². The molecule has 0 saturated heterocycles. The molecular weight excluding hydrogens is 280 g/mol. The zero-order valence-corrected chi connectivity index (χ0v) is 11.8. The van der Waals surface area contributed by atoms with E-state index in [1.54, 1.807) is 35.6 Å². The van der Waals surface area contributed by atoms with Gasteiger partial charge in [-0.05, 0) is 49.1 Å². The molecule has 3 N–H and O–H groups in total. The molecule has 1 heterocycles. The number of fused-ring (bicyclic) bond motifs is 1. The average molecular weight is 293 g/mol. The second-order valence-corrected chi connectivity index (χ2v) is 6.13. The van der Waals surface area contributed by atoms with Crippen LogP contribution in [-0.2, 0) is 12.8 Å². The van der Waals surface area contributed by atoms with Gasteiger partial charge in [-0.2, -0.15) is 0 Å². The summed E-state index contributed by atoms with van der Waals surface area (Å²) in [6, 6.07) is 7.06. The summed E-state index contributed by atoms with van der Waals surface area (Å²) in [4.78, 5) is 13.6. The molecule has 0 saturated carbocycles. The Bertz CT molecular complexity index is 634. The van der Waals surface area contributed by atoms with Crippen LogP contribution < -0.4 is 11.1 Å². The fraction of sp³-hybridized carbons (Fsp3) is 0.214. The van der Waals surface area contributed by atoms with Crippen LogP contribution in [0.15, 0.2) is 24.3 Å². The van der Waals surface area contributed by atoms with E-state index in [4.69, 9.17) is 17.3 Å². The van der Waals surface area contributed by atoms with E-state index in [1.807, 2.05) is 0 Å². The number of hydrogen-bond donors (Lipinski definition) is 2. The lowest BCUT2D eigenvalue weighted by Crippen LogP contribution is -2.14. The number of carbonyl (C=O) groups excluding carboxylic acids is 1. The van der Waals surface area contributed by atoms with Crippen molar-refractivity contribution in [3.63, 3.8) is 0 Å². The van der Waals surface area contributed by atoms with E-state index in [0.717, 1.165) is 30.5 Å². The van der Waals surface area contributed by atoms with E-state index in [-0.39, 0.29) is 5.91 Å². The minimum Gasteiger partial charge on any atom is -0.390 e. The van der Waals surface area contributed by atoms with Crippen LogP contribution >= 0.6 is 22.9 Å². The molecule has 2 aromatic rings. The molecule has 5 heteroatoms. The molecule has 98 valence electrons.